The van der Waals surface area contributed by atoms with Crippen molar-refractivity contribution in [1.29, 1.82) is 0 Å². The van der Waals surface area contributed by atoms with E-state index in [-0.39, 0.29) is 43.1 Å². The molecule has 1 heterocycles. The highest BCUT2D eigenvalue weighted by Crippen LogP contribution is 2.72. The number of carbonyl (C=O) groups is 5. The number of fused-ring (bicyclic) bond motifs is 7. The number of unbranched alkanes of at least 4 members (excludes halogenated alkanes) is 1. The van der Waals surface area contributed by atoms with Crippen molar-refractivity contribution in [2.45, 2.75) is 129 Å². The molecule has 2 aromatic carbocycles. The highest BCUT2D eigenvalue weighted by Gasteiger charge is 2.80. The lowest BCUT2D eigenvalue weighted by atomic mass is 9.44. The number of carbonyl (C=O) groups excluding carboxylic acids is 4. The number of allylic oxidation sites excluding steroid dienone is 4. The number of thioether (sulfide) groups is 1. The Morgan fingerprint density at radius 2 is 1.79 bits per heavy atom. The summed E-state index contributed by atoms with van der Waals surface area (Å²) in [5.74, 6) is -4.89. The Morgan fingerprint density at radius 1 is 1.05 bits per heavy atom. The van der Waals surface area contributed by atoms with Crippen LogP contribution < -0.4 is 10.6 Å². The summed E-state index contributed by atoms with van der Waals surface area (Å²) in [4.78, 5) is 64.8. The topological polar surface area (TPSA) is 189 Å². The molecular weight excluding hydrogens is 843 g/mol. The van der Waals surface area contributed by atoms with Gasteiger partial charge >= 0.3 is 5.97 Å². The third-order valence-electron chi connectivity index (χ3n) is 13.9. The number of nitrogens with one attached hydrogen (secondary N) is 2. The fourth-order valence-electron chi connectivity index (χ4n) is 10.9. The van der Waals surface area contributed by atoms with Crippen LogP contribution in [0.25, 0.3) is 0 Å². The highest BCUT2D eigenvalue weighted by atomic mass is 32.2. The molecule has 0 spiro atoms. The molecule has 1 aliphatic heterocycles. The number of hydrogen-bond acceptors (Lipinski definition) is 11. The van der Waals surface area contributed by atoms with Gasteiger partial charge in [-0.15, -0.1) is 11.8 Å². The lowest BCUT2D eigenvalue weighted by Gasteiger charge is -2.63. The van der Waals surface area contributed by atoms with Gasteiger partial charge in [-0.25, -0.2) is 8.78 Å². The van der Waals surface area contributed by atoms with Crippen molar-refractivity contribution < 1.29 is 57.5 Å². The van der Waals surface area contributed by atoms with E-state index in [1.54, 1.807) is 37.3 Å². The van der Waals surface area contributed by atoms with Gasteiger partial charge in [0.25, 0.3) is 0 Å². The van der Waals surface area contributed by atoms with Crippen LogP contribution in [0.4, 0.5) is 14.5 Å². The quantitative estimate of drug-likeness (QED) is 0.120. The van der Waals surface area contributed by atoms with Gasteiger partial charge in [0, 0.05) is 43.0 Å². The van der Waals surface area contributed by atoms with Crippen molar-refractivity contribution >= 4 is 58.6 Å². The van der Waals surface area contributed by atoms with E-state index in [4.69, 9.17) is 9.47 Å². The van der Waals surface area contributed by atoms with Crippen LogP contribution >= 0.6 is 23.5 Å². The molecule has 5 N–H and O–H groups in total. The molecule has 2 unspecified atom stereocenters. The first-order chi connectivity index (χ1) is 29.4. The predicted molar refractivity (Wildman–Crippen MR) is 229 cm³/mol. The second kappa shape index (κ2) is 17.9. The number of hydrogen-bond donors (Lipinski definition) is 5. The molecule has 16 heteroatoms. The van der Waals surface area contributed by atoms with Crippen molar-refractivity contribution in [3.05, 3.63) is 77.9 Å². The van der Waals surface area contributed by atoms with Crippen LogP contribution in [-0.2, 0) is 33.4 Å². The number of anilines is 1. The van der Waals surface area contributed by atoms with Crippen LogP contribution in [0.15, 0.2) is 82.1 Å². The Bertz CT molecular complexity index is 2160. The van der Waals surface area contributed by atoms with Gasteiger partial charge in [-0.05, 0) is 86.6 Å². The molecule has 0 radical (unpaired) electrons. The lowest BCUT2D eigenvalue weighted by Crippen LogP contribution is -2.70. The molecule has 7 rings (SSSR count). The first kappa shape index (κ1) is 46.1. The van der Waals surface area contributed by atoms with Crippen molar-refractivity contribution in [1.82, 2.24) is 5.32 Å². The summed E-state index contributed by atoms with van der Waals surface area (Å²) in [6, 6.07) is 14.3. The van der Waals surface area contributed by atoms with Gasteiger partial charge in [-0.3, -0.25) is 24.0 Å². The second-order valence-corrected chi connectivity index (χ2v) is 20.4. The summed E-state index contributed by atoms with van der Waals surface area (Å²) in [7, 11) is 0. The third kappa shape index (κ3) is 8.08. The van der Waals surface area contributed by atoms with Crippen LogP contribution in [0.5, 0.6) is 0 Å². The number of Topliss-reactive ketones (excluding diaryl/α,β-unsaturated/α-hetero) is 1. The fourth-order valence-corrected chi connectivity index (χ4v) is 13.1. The number of benzene rings is 2. The van der Waals surface area contributed by atoms with Gasteiger partial charge in [-0.2, -0.15) is 0 Å². The SMILES string of the molecule is CCCCC(C)SC(CC(=O)O)C(=O)NCC(=O)Nc1cccc(Sc2ccc([C@@H]3O[C@@H]4C[C@H]5[C@@H]6C[C@H](F)C7=CC(=O)C=C[C@]7(C)[C@@]6(F)[C@@H](O)C[C@]5(C)[C@]4(C(=O)CO)O3)cc2)c1. The van der Waals surface area contributed by atoms with Crippen molar-refractivity contribution in [2.24, 2.45) is 22.7 Å². The molecule has 3 saturated carbocycles. The number of amides is 2. The third-order valence-corrected chi connectivity index (χ3v) is 16.3. The molecule has 12 nitrogen and oxygen atoms in total. The van der Waals surface area contributed by atoms with Gasteiger partial charge in [0.15, 0.2) is 29.1 Å². The average molecular weight is 897 g/mol. The largest absolute Gasteiger partial charge is 0.481 e. The first-order valence-electron chi connectivity index (χ1n) is 21.2. The molecule has 4 aliphatic carbocycles. The molecule has 62 heavy (non-hydrogen) atoms. The Balaban J connectivity index is 1.00. The lowest BCUT2D eigenvalue weighted by molar-refractivity contribution is -0.235. The summed E-state index contributed by atoms with van der Waals surface area (Å²) < 4.78 is 46.7. The molecular formula is C46H54F2N2O10S2. The Hall–Kier alpha value is -3.93. The smallest absolute Gasteiger partial charge is 0.305 e. The van der Waals surface area contributed by atoms with Gasteiger partial charge in [-0.1, -0.05) is 69.6 Å². The van der Waals surface area contributed by atoms with Gasteiger partial charge < -0.3 is 35.4 Å². The Labute approximate surface area is 368 Å². The van der Waals surface area contributed by atoms with Gasteiger partial charge in [0.05, 0.1) is 30.4 Å². The number of alkyl halides is 2. The fraction of sp³-hybridized carbons (Fsp3) is 0.543. The van der Waals surface area contributed by atoms with Crippen molar-refractivity contribution in [2.75, 3.05) is 18.5 Å². The van der Waals surface area contributed by atoms with E-state index >= 15 is 8.78 Å². The minimum absolute atomic E-state index is 0.00404. The number of aliphatic carboxylic acids is 1. The molecule has 12 atom stereocenters. The number of aliphatic hydroxyl groups is 2. The second-order valence-electron chi connectivity index (χ2n) is 17.6. The molecule has 5 aliphatic rings. The van der Waals surface area contributed by atoms with Crippen molar-refractivity contribution in [3.63, 3.8) is 0 Å². The molecule has 4 fully saturated rings. The highest BCUT2D eigenvalue weighted by molar-refractivity contribution is 8.01. The van der Waals surface area contributed by atoms with Crippen LogP contribution in [0.2, 0.25) is 0 Å². The van der Waals surface area contributed by atoms with Crippen LogP contribution in [0.1, 0.15) is 84.5 Å². The summed E-state index contributed by atoms with van der Waals surface area (Å²) in [5.41, 5.74) is -5.86. The maximum atomic E-state index is 17.7. The molecule has 1 saturated heterocycles. The van der Waals surface area contributed by atoms with Gasteiger partial charge in [0.1, 0.15) is 12.8 Å². The van der Waals surface area contributed by atoms with E-state index in [0.29, 0.717) is 11.3 Å². The van der Waals surface area contributed by atoms with Crippen LogP contribution in [0, 0.1) is 22.7 Å². The molecule has 2 aromatic rings. The molecule has 334 valence electrons. The number of carboxylic acids is 1. The van der Waals surface area contributed by atoms with Crippen LogP contribution in [0.3, 0.4) is 0 Å². The minimum atomic E-state index is -2.35. The number of carboxylic acid groups (broad SMARTS) is 1. The average Bonchev–Trinajstić information content (AvgIpc) is 3.73. The summed E-state index contributed by atoms with van der Waals surface area (Å²) in [6.07, 6.45) is 0.520. The van der Waals surface area contributed by atoms with Crippen molar-refractivity contribution in [3.8, 4) is 0 Å². The Morgan fingerprint density at radius 3 is 2.48 bits per heavy atom. The first-order valence-corrected chi connectivity index (χ1v) is 22.9. The minimum Gasteiger partial charge on any atom is -0.481 e. The predicted octanol–water partition coefficient (Wildman–Crippen LogP) is 6.69. The summed E-state index contributed by atoms with van der Waals surface area (Å²) in [6.45, 7) is 6.06. The zero-order valence-corrected chi connectivity index (χ0v) is 36.7. The number of rotatable bonds is 16. The van der Waals surface area contributed by atoms with E-state index in [1.807, 2.05) is 25.1 Å². The van der Waals surface area contributed by atoms with E-state index in [1.165, 1.54) is 42.6 Å². The molecule has 0 bridgehead atoms. The standard InChI is InChI=1S/C46H54F2N2O10S2/c1-5-6-8-25(2)61-35(21-40(56)57)41(58)49-23-39(55)50-27-9-7-10-30(17-27)62-29-13-11-26(12-14-29)42-59-38-20-31-32-19-34(47)33-18-28(52)15-16-43(33,3)45(32,48)36(53)22-44(31,4)46(38,60-42)37(54)24-51/h7,9-18,25,31-32,34-36,38,42,51,53H,5-6,8,19-24H2,1-4H3,(H,49,58)(H,50,55)(H,56,57)/t25?,31-,32-,34-,35?,36-,38+,42+,43-,44-,45-,46+/m0/s1. The Kier molecular flexibility index (Phi) is 13.3. The number of aliphatic hydroxyl groups excluding tert-OH is 2. The van der Waals surface area contributed by atoms with E-state index in [0.717, 1.165) is 35.1 Å². The van der Waals surface area contributed by atoms with E-state index < -0.39 is 99.8 Å². The molecule has 0 aromatic heterocycles. The normalized spacial score (nSPS) is 34.2. The maximum Gasteiger partial charge on any atom is 0.305 e. The molecule has 2 amide bonds. The summed E-state index contributed by atoms with van der Waals surface area (Å²) in [5, 5.41) is 36.0. The summed E-state index contributed by atoms with van der Waals surface area (Å²) >= 11 is 2.70. The number of ketones is 2. The van der Waals surface area contributed by atoms with Gasteiger partial charge in [0.2, 0.25) is 11.8 Å². The number of halogens is 2. The zero-order chi connectivity index (χ0) is 44.8. The monoisotopic (exact) mass is 896 g/mol. The zero-order valence-electron chi connectivity index (χ0n) is 35.1. The van der Waals surface area contributed by atoms with Crippen LogP contribution in [-0.4, -0.2) is 98.0 Å². The maximum absolute atomic E-state index is 17.7. The van der Waals surface area contributed by atoms with E-state index in [2.05, 4.69) is 17.6 Å². The van der Waals surface area contributed by atoms with E-state index in [9.17, 15) is 39.3 Å². The number of ether oxygens (including phenoxy) is 2.